The van der Waals surface area contributed by atoms with Crippen LogP contribution >= 0.6 is 0 Å². The second-order valence-electron chi connectivity index (χ2n) is 4.76. The molecule has 92 valence electrons. The summed E-state index contributed by atoms with van der Waals surface area (Å²) >= 11 is 0. The zero-order chi connectivity index (χ0) is 12.1. The van der Waals surface area contributed by atoms with Crippen LogP contribution in [0.25, 0.3) is 0 Å². The highest BCUT2D eigenvalue weighted by Crippen LogP contribution is 2.18. The van der Waals surface area contributed by atoms with Gasteiger partial charge in [-0.25, -0.2) is 0 Å². The minimum atomic E-state index is 0.122. The fraction of sp³-hybridized carbons (Fsp3) is 0.500. The Bertz CT molecular complexity index is 386. The van der Waals surface area contributed by atoms with E-state index in [1.165, 1.54) is 11.1 Å². The molecule has 0 heterocycles. The Hall–Kier alpha value is -1.35. The molecule has 3 heteroatoms. The third-order valence-corrected chi connectivity index (χ3v) is 2.90. The molecule has 0 radical (unpaired) electrons. The van der Waals surface area contributed by atoms with E-state index in [2.05, 4.69) is 41.8 Å². The maximum atomic E-state index is 11.4. The highest BCUT2D eigenvalue weighted by molar-refractivity contribution is 5.78. The van der Waals surface area contributed by atoms with Gasteiger partial charge in [-0.2, -0.15) is 0 Å². The average molecular weight is 232 g/mol. The highest BCUT2D eigenvalue weighted by Gasteiger charge is 2.22. The smallest absolute Gasteiger partial charge is 0.234 e. The van der Waals surface area contributed by atoms with Gasteiger partial charge in [0.25, 0.3) is 0 Å². The Kier molecular flexibility index (Phi) is 4.15. The third-order valence-electron chi connectivity index (χ3n) is 2.90. The summed E-state index contributed by atoms with van der Waals surface area (Å²) in [5, 5.41) is 6.13. The van der Waals surface area contributed by atoms with E-state index in [1.807, 2.05) is 0 Å². The molecule has 0 aliphatic heterocycles. The van der Waals surface area contributed by atoms with E-state index in [0.717, 1.165) is 25.8 Å². The largest absolute Gasteiger partial charge is 0.352 e. The van der Waals surface area contributed by atoms with Crippen molar-refractivity contribution in [2.75, 3.05) is 13.1 Å². The number of nitrogens with one attached hydrogen (secondary N) is 2. The molecule has 0 atom stereocenters. The SMILES string of the molecule is Cc1cccc(CCNCC(=O)NC2CC2)c1. The van der Waals surface area contributed by atoms with Gasteiger partial charge < -0.3 is 10.6 Å². The van der Waals surface area contributed by atoms with Crippen molar-refractivity contribution in [3.63, 3.8) is 0 Å². The predicted molar refractivity (Wildman–Crippen MR) is 68.9 cm³/mol. The van der Waals surface area contributed by atoms with Crippen molar-refractivity contribution in [3.05, 3.63) is 35.4 Å². The summed E-state index contributed by atoms with van der Waals surface area (Å²) in [4.78, 5) is 11.4. The molecule has 0 bridgehead atoms. The zero-order valence-corrected chi connectivity index (χ0v) is 10.3. The number of carbonyl (C=O) groups excluding carboxylic acids is 1. The van der Waals surface area contributed by atoms with Crippen LogP contribution in [0.1, 0.15) is 24.0 Å². The van der Waals surface area contributed by atoms with Crippen molar-refractivity contribution in [1.82, 2.24) is 10.6 Å². The Balaban J connectivity index is 1.60. The standard InChI is InChI=1S/C14H20N2O/c1-11-3-2-4-12(9-11)7-8-15-10-14(17)16-13-5-6-13/h2-4,9,13,15H,5-8,10H2,1H3,(H,16,17). The van der Waals surface area contributed by atoms with E-state index in [0.29, 0.717) is 12.6 Å². The Morgan fingerprint density at radius 3 is 2.94 bits per heavy atom. The summed E-state index contributed by atoms with van der Waals surface area (Å²) in [6, 6.07) is 8.94. The van der Waals surface area contributed by atoms with Crippen molar-refractivity contribution in [2.24, 2.45) is 0 Å². The molecule has 1 aromatic rings. The Morgan fingerprint density at radius 2 is 2.24 bits per heavy atom. The van der Waals surface area contributed by atoms with Gasteiger partial charge in [0.2, 0.25) is 5.91 Å². The molecule has 1 fully saturated rings. The molecule has 1 aliphatic rings. The molecule has 2 N–H and O–H groups in total. The van der Waals surface area contributed by atoms with E-state index in [1.54, 1.807) is 0 Å². The fourth-order valence-corrected chi connectivity index (χ4v) is 1.81. The van der Waals surface area contributed by atoms with Gasteiger partial charge in [0.15, 0.2) is 0 Å². The van der Waals surface area contributed by atoms with Crippen molar-refractivity contribution < 1.29 is 4.79 Å². The van der Waals surface area contributed by atoms with Crippen molar-refractivity contribution in [1.29, 1.82) is 0 Å². The van der Waals surface area contributed by atoms with E-state index < -0.39 is 0 Å². The van der Waals surface area contributed by atoms with Crippen LogP contribution in [0.15, 0.2) is 24.3 Å². The number of hydrogen-bond acceptors (Lipinski definition) is 2. The van der Waals surface area contributed by atoms with Gasteiger partial charge in [0, 0.05) is 6.04 Å². The molecule has 1 aliphatic carbocycles. The topological polar surface area (TPSA) is 41.1 Å². The molecule has 3 nitrogen and oxygen atoms in total. The Labute approximate surface area is 103 Å². The lowest BCUT2D eigenvalue weighted by atomic mass is 10.1. The first-order valence-corrected chi connectivity index (χ1v) is 6.29. The van der Waals surface area contributed by atoms with Crippen LogP contribution in [0, 0.1) is 6.92 Å². The fourth-order valence-electron chi connectivity index (χ4n) is 1.81. The summed E-state index contributed by atoms with van der Waals surface area (Å²) in [5.74, 6) is 0.122. The monoisotopic (exact) mass is 232 g/mol. The van der Waals surface area contributed by atoms with Gasteiger partial charge in [-0.3, -0.25) is 4.79 Å². The van der Waals surface area contributed by atoms with Crippen LogP contribution in [0.3, 0.4) is 0 Å². The number of rotatable bonds is 6. The molecule has 1 saturated carbocycles. The van der Waals surface area contributed by atoms with Crippen molar-refractivity contribution in [3.8, 4) is 0 Å². The molecule has 0 spiro atoms. The molecule has 1 amide bonds. The van der Waals surface area contributed by atoms with Gasteiger partial charge in [-0.05, 0) is 38.3 Å². The summed E-state index contributed by atoms with van der Waals surface area (Å²) in [6.07, 6.45) is 3.27. The summed E-state index contributed by atoms with van der Waals surface area (Å²) in [5.41, 5.74) is 2.61. The van der Waals surface area contributed by atoms with Crippen molar-refractivity contribution >= 4 is 5.91 Å². The summed E-state index contributed by atoms with van der Waals surface area (Å²) < 4.78 is 0. The molecule has 0 saturated heterocycles. The van der Waals surface area contributed by atoms with Gasteiger partial charge in [0.05, 0.1) is 6.54 Å². The maximum Gasteiger partial charge on any atom is 0.234 e. The molecule has 0 aromatic heterocycles. The van der Waals surface area contributed by atoms with E-state index in [-0.39, 0.29) is 5.91 Å². The molecule has 2 rings (SSSR count). The highest BCUT2D eigenvalue weighted by atomic mass is 16.2. The van der Waals surface area contributed by atoms with Gasteiger partial charge in [-0.1, -0.05) is 29.8 Å². The maximum absolute atomic E-state index is 11.4. The molecular formula is C14H20N2O. The summed E-state index contributed by atoms with van der Waals surface area (Å²) in [6.45, 7) is 3.38. The lowest BCUT2D eigenvalue weighted by molar-refractivity contribution is -0.120. The van der Waals surface area contributed by atoms with Gasteiger partial charge in [0.1, 0.15) is 0 Å². The molecule has 17 heavy (non-hydrogen) atoms. The van der Waals surface area contributed by atoms with E-state index >= 15 is 0 Å². The van der Waals surface area contributed by atoms with Crippen LogP contribution in [0.4, 0.5) is 0 Å². The average Bonchev–Trinajstić information content (AvgIpc) is 3.08. The quantitative estimate of drug-likeness (QED) is 0.728. The first kappa shape index (κ1) is 12.1. The second-order valence-corrected chi connectivity index (χ2v) is 4.76. The number of carbonyl (C=O) groups is 1. The Morgan fingerprint density at radius 1 is 1.41 bits per heavy atom. The third kappa shape index (κ3) is 4.57. The van der Waals surface area contributed by atoms with Crippen LogP contribution in [-0.2, 0) is 11.2 Å². The number of amides is 1. The lowest BCUT2D eigenvalue weighted by Gasteiger charge is -2.06. The molecule has 0 unspecified atom stereocenters. The second kappa shape index (κ2) is 5.82. The summed E-state index contributed by atoms with van der Waals surface area (Å²) in [7, 11) is 0. The van der Waals surface area contributed by atoms with Crippen LogP contribution in [0.2, 0.25) is 0 Å². The minimum Gasteiger partial charge on any atom is -0.352 e. The van der Waals surface area contributed by atoms with Crippen molar-refractivity contribution in [2.45, 2.75) is 32.2 Å². The van der Waals surface area contributed by atoms with E-state index in [4.69, 9.17) is 0 Å². The number of hydrogen-bond donors (Lipinski definition) is 2. The first-order valence-electron chi connectivity index (χ1n) is 6.29. The van der Waals surface area contributed by atoms with Gasteiger partial charge >= 0.3 is 0 Å². The lowest BCUT2D eigenvalue weighted by Crippen LogP contribution is -2.35. The first-order chi connectivity index (χ1) is 8.24. The van der Waals surface area contributed by atoms with Crippen LogP contribution in [0.5, 0.6) is 0 Å². The van der Waals surface area contributed by atoms with Crippen LogP contribution < -0.4 is 10.6 Å². The minimum absolute atomic E-state index is 0.122. The zero-order valence-electron chi connectivity index (χ0n) is 10.3. The predicted octanol–water partition coefficient (Wildman–Crippen LogP) is 1.41. The molecular weight excluding hydrogens is 212 g/mol. The van der Waals surface area contributed by atoms with Crippen LogP contribution in [-0.4, -0.2) is 25.0 Å². The van der Waals surface area contributed by atoms with E-state index in [9.17, 15) is 4.79 Å². The number of benzene rings is 1. The molecule has 1 aromatic carbocycles. The van der Waals surface area contributed by atoms with Gasteiger partial charge in [-0.15, -0.1) is 0 Å². The number of aryl methyl sites for hydroxylation is 1. The normalized spacial score (nSPS) is 14.6.